The number of hydrogen-bond donors (Lipinski definition) is 0. The van der Waals surface area contributed by atoms with Gasteiger partial charge in [-0.3, -0.25) is 0 Å². The molecule has 3 nitrogen and oxygen atoms in total. The number of nitrogens with zero attached hydrogens (tertiary/aromatic N) is 3. The number of halogens is 1. The third kappa shape index (κ3) is 4.10. The van der Waals surface area contributed by atoms with Crippen LogP contribution in [-0.4, -0.2) is 10.8 Å². The van der Waals surface area contributed by atoms with Crippen LogP contribution >= 0.6 is 27.3 Å². The molecular formula is C24H24BrN3S. The summed E-state index contributed by atoms with van der Waals surface area (Å²) in [5.74, 6) is 0.659. The average Bonchev–Trinajstić information content (AvgIpc) is 3.29. The molecule has 0 amide bonds. The second kappa shape index (κ2) is 7.93. The van der Waals surface area contributed by atoms with E-state index in [4.69, 9.17) is 4.99 Å². The summed E-state index contributed by atoms with van der Waals surface area (Å²) in [5.41, 5.74) is 4.38. The molecule has 0 fully saturated rings. The van der Waals surface area contributed by atoms with Gasteiger partial charge in [-0.1, -0.05) is 36.7 Å². The third-order valence-corrected chi connectivity index (χ3v) is 7.47. The number of aliphatic imine (C=N–C) groups is 1. The highest BCUT2D eigenvalue weighted by atomic mass is 79.9. The molecule has 1 aromatic carbocycles. The molecule has 0 spiro atoms. The summed E-state index contributed by atoms with van der Waals surface area (Å²) in [5, 5.41) is 10.6. The molecule has 0 aliphatic heterocycles. The van der Waals surface area contributed by atoms with E-state index in [-0.39, 0.29) is 0 Å². The highest BCUT2D eigenvalue weighted by Gasteiger charge is 2.32. The zero-order valence-corrected chi connectivity index (χ0v) is 19.3. The molecule has 0 radical (unpaired) electrons. The largest absolute Gasteiger partial charge is 0.316 e. The predicted octanol–water partition coefficient (Wildman–Crippen LogP) is 7.07. The van der Waals surface area contributed by atoms with Crippen LogP contribution in [0.3, 0.4) is 0 Å². The van der Waals surface area contributed by atoms with Gasteiger partial charge in [0.05, 0.1) is 17.5 Å². The molecule has 1 atom stereocenters. The summed E-state index contributed by atoms with van der Waals surface area (Å²) in [7, 11) is 0. The second-order valence-corrected chi connectivity index (χ2v) is 10.6. The number of thiophene rings is 1. The summed E-state index contributed by atoms with van der Waals surface area (Å²) < 4.78 is 3.16. The Kier molecular flexibility index (Phi) is 5.50. The summed E-state index contributed by atoms with van der Waals surface area (Å²) in [6.07, 6.45) is 7.10. The minimum Gasteiger partial charge on any atom is -0.316 e. The van der Waals surface area contributed by atoms with Crippen LogP contribution in [0.1, 0.15) is 48.9 Å². The second-order valence-electron chi connectivity index (χ2n) is 8.64. The van der Waals surface area contributed by atoms with E-state index in [1.807, 2.05) is 36.7 Å². The number of nitriles is 1. The molecule has 0 saturated carbocycles. The van der Waals surface area contributed by atoms with Crippen molar-refractivity contribution in [3.63, 3.8) is 0 Å². The van der Waals surface area contributed by atoms with Crippen LogP contribution in [0.15, 0.2) is 52.1 Å². The van der Waals surface area contributed by atoms with E-state index in [9.17, 15) is 5.26 Å². The van der Waals surface area contributed by atoms with Gasteiger partial charge >= 0.3 is 0 Å². The molecule has 0 N–H and O–H groups in total. The molecule has 148 valence electrons. The Bertz CT molecular complexity index is 1090. The van der Waals surface area contributed by atoms with Crippen molar-refractivity contribution in [1.29, 1.82) is 5.26 Å². The number of aromatic nitrogens is 1. The zero-order valence-electron chi connectivity index (χ0n) is 16.9. The summed E-state index contributed by atoms with van der Waals surface area (Å²) in [6.45, 7) is 6.95. The Morgan fingerprint density at radius 3 is 2.69 bits per heavy atom. The first-order chi connectivity index (χ1) is 13.9. The lowest BCUT2D eigenvalue weighted by molar-refractivity contribution is 0.218. The van der Waals surface area contributed by atoms with Crippen LogP contribution in [0.25, 0.3) is 5.69 Å². The first kappa shape index (κ1) is 20.1. The molecular weight excluding hydrogens is 442 g/mol. The van der Waals surface area contributed by atoms with Crippen molar-refractivity contribution in [3.8, 4) is 11.8 Å². The maximum atomic E-state index is 9.78. The van der Waals surface area contributed by atoms with Crippen molar-refractivity contribution in [3.05, 3.63) is 68.8 Å². The molecule has 3 aromatic rings. The molecule has 0 saturated heterocycles. The maximum absolute atomic E-state index is 9.78. The summed E-state index contributed by atoms with van der Waals surface area (Å²) >= 11 is 5.18. The smallest absolute Gasteiger partial charge is 0.134 e. The van der Waals surface area contributed by atoms with Gasteiger partial charge in [-0.2, -0.15) is 5.26 Å². The number of hydrogen-bond acceptors (Lipinski definition) is 3. The van der Waals surface area contributed by atoms with Gasteiger partial charge in [0, 0.05) is 21.2 Å². The van der Waals surface area contributed by atoms with E-state index in [1.54, 1.807) is 11.3 Å². The molecule has 0 bridgehead atoms. The Labute approximate surface area is 184 Å². The van der Waals surface area contributed by atoms with E-state index in [1.165, 1.54) is 10.4 Å². The topological polar surface area (TPSA) is 41.1 Å². The number of benzene rings is 1. The quantitative estimate of drug-likeness (QED) is 0.381. The fourth-order valence-electron chi connectivity index (χ4n) is 3.98. The van der Waals surface area contributed by atoms with E-state index in [0.717, 1.165) is 45.7 Å². The number of rotatable bonds is 3. The molecule has 1 aliphatic rings. The summed E-state index contributed by atoms with van der Waals surface area (Å²) in [6, 6.07) is 14.7. The van der Waals surface area contributed by atoms with Crippen molar-refractivity contribution in [2.75, 3.05) is 0 Å². The first-order valence-electron chi connectivity index (χ1n) is 9.89. The van der Waals surface area contributed by atoms with Gasteiger partial charge in [-0.15, -0.1) is 11.3 Å². The average molecular weight is 466 g/mol. The van der Waals surface area contributed by atoms with E-state index < -0.39 is 0 Å². The first-order valence-corrected chi connectivity index (χ1v) is 11.5. The van der Waals surface area contributed by atoms with E-state index >= 15 is 0 Å². The minimum atomic E-state index is 0.295. The van der Waals surface area contributed by atoms with E-state index in [0.29, 0.717) is 11.3 Å². The fourth-order valence-corrected chi connectivity index (χ4v) is 5.46. The van der Waals surface area contributed by atoms with Crippen LogP contribution in [0.4, 0.5) is 5.00 Å². The highest BCUT2D eigenvalue weighted by Crippen LogP contribution is 2.44. The zero-order chi connectivity index (χ0) is 20.6. The van der Waals surface area contributed by atoms with Gasteiger partial charge < -0.3 is 4.57 Å². The number of fused-ring (bicyclic) bond motifs is 1. The predicted molar refractivity (Wildman–Crippen MR) is 125 cm³/mol. The standard InChI is InChI=1S/C24H24BrN3S/c1-24(2,3)16-6-11-20-21(14-26)23(29-22(20)13-16)27-15-19-5-4-12-28(19)18-9-7-17(25)8-10-18/h4-5,7-10,12,15-16H,6,11,13H2,1-3H3/t16-/m1/s1. The summed E-state index contributed by atoms with van der Waals surface area (Å²) in [4.78, 5) is 6.11. The normalized spacial score (nSPS) is 16.7. The molecule has 4 rings (SSSR count). The molecule has 5 heteroatoms. The Morgan fingerprint density at radius 2 is 2.00 bits per heavy atom. The Morgan fingerprint density at radius 1 is 1.24 bits per heavy atom. The molecule has 1 aliphatic carbocycles. The lowest BCUT2D eigenvalue weighted by atomic mass is 9.72. The molecule has 29 heavy (non-hydrogen) atoms. The van der Waals surface area contributed by atoms with Crippen LogP contribution in [0, 0.1) is 22.7 Å². The molecule has 2 heterocycles. The van der Waals surface area contributed by atoms with E-state index in [2.05, 4.69) is 59.5 Å². The lowest BCUT2D eigenvalue weighted by Crippen LogP contribution is -2.26. The van der Waals surface area contributed by atoms with Gasteiger partial charge in [-0.25, -0.2) is 4.99 Å². The van der Waals surface area contributed by atoms with Crippen molar-refractivity contribution >= 4 is 38.5 Å². The highest BCUT2D eigenvalue weighted by molar-refractivity contribution is 9.10. The SMILES string of the molecule is CC(C)(C)[C@@H]1CCc2c(sc(N=Cc3cccn3-c3ccc(Br)cc3)c2C#N)C1. The van der Waals surface area contributed by atoms with Gasteiger partial charge in [0.25, 0.3) is 0 Å². The Balaban J connectivity index is 1.64. The third-order valence-electron chi connectivity index (χ3n) is 5.78. The van der Waals surface area contributed by atoms with Gasteiger partial charge in [0.15, 0.2) is 0 Å². The van der Waals surface area contributed by atoms with Crippen molar-refractivity contribution in [2.24, 2.45) is 16.3 Å². The van der Waals surface area contributed by atoms with Crippen molar-refractivity contribution < 1.29 is 0 Å². The van der Waals surface area contributed by atoms with Crippen LogP contribution < -0.4 is 0 Å². The van der Waals surface area contributed by atoms with Gasteiger partial charge in [-0.05, 0) is 72.6 Å². The fraction of sp³-hybridized carbons (Fsp3) is 0.333. The van der Waals surface area contributed by atoms with Crippen LogP contribution in [-0.2, 0) is 12.8 Å². The lowest BCUT2D eigenvalue weighted by Gasteiger charge is -2.33. The Hall–Kier alpha value is -2.16. The van der Waals surface area contributed by atoms with Gasteiger partial charge in [0.1, 0.15) is 11.1 Å². The maximum Gasteiger partial charge on any atom is 0.134 e. The molecule has 2 aromatic heterocycles. The molecule has 0 unspecified atom stereocenters. The van der Waals surface area contributed by atoms with Crippen molar-refractivity contribution in [1.82, 2.24) is 4.57 Å². The van der Waals surface area contributed by atoms with Crippen molar-refractivity contribution in [2.45, 2.75) is 40.0 Å². The monoisotopic (exact) mass is 465 g/mol. The minimum absolute atomic E-state index is 0.295. The van der Waals surface area contributed by atoms with Crippen LogP contribution in [0.5, 0.6) is 0 Å². The van der Waals surface area contributed by atoms with Gasteiger partial charge in [0.2, 0.25) is 0 Å². The van der Waals surface area contributed by atoms with Crippen LogP contribution in [0.2, 0.25) is 0 Å².